The van der Waals surface area contributed by atoms with Gasteiger partial charge in [0.2, 0.25) is 0 Å². The molecule has 0 unspecified atom stereocenters. The summed E-state index contributed by atoms with van der Waals surface area (Å²) < 4.78 is 0. The van der Waals surface area contributed by atoms with Gasteiger partial charge in [0.05, 0.1) is 0 Å². The first-order valence-electron chi connectivity index (χ1n) is 8.05. The van der Waals surface area contributed by atoms with E-state index in [-0.39, 0.29) is 12.8 Å². The molecule has 0 aromatic heterocycles. The van der Waals surface area contributed by atoms with Crippen LogP contribution < -0.4 is 5.43 Å². The van der Waals surface area contributed by atoms with E-state index in [2.05, 4.69) is 5.43 Å². The summed E-state index contributed by atoms with van der Waals surface area (Å²) in [4.78, 5) is 34.0. The van der Waals surface area contributed by atoms with Crippen LogP contribution >= 0.6 is 0 Å². The van der Waals surface area contributed by atoms with Crippen molar-refractivity contribution in [3.05, 3.63) is 0 Å². The van der Waals surface area contributed by atoms with Crippen molar-refractivity contribution < 1.29 is 29.7 Å². The minimum Gasteiger partial charge on any atom is -0.480 e. The molecule has 0 radical (unpaired) electrons. The molecule has 0 aromatic carbocycles. The molecule has 8 heteroatoms. The van der Waals surface area contributed by atoms with E-state index >= 15 is 0 Å². The molecule has 1 heterocycles. The summed E-state index contributed by atoms with van der Waals surface area (Å²) in [6, 6.07) is -0.571. The van der Waals surface area contributed by atoms with Gasteiger partial charge in [-0.2, -0.15) is 0 Å². The topological polar surface area (TPSA) is 127 Å². The Hall–Kier alpha value is -1.67. The molecule has 1 aliphatic rings. The van der Waals surface area contributed by atoms with Gasteiger partial charge in [0.15, 0.2) is 5.41 Å². The molecular formula is C15H26N2O6. The number of hydrogen-bond acceptors (Lipinski definition) is 5. The van der Waals surface area contributed by atoms with Gasteiger partial charge >= 0.3 is 17.9 Å². The largest absolute Gasteiger partial charge is 0.480 e. The van der Waals surface area contributed by atoms with Crippen molar-refractivity contribution in [2.45, 2.75) is 57.9 Å². The molecule has 0 amide bonds. The van der Waals surface area contributed by atoms with Crippen LogP contribution in [0.1, 0.15) is 51.9 Å². The number of carboxylic acids is 3. The minimum absolute atomic E-state index is 0.0241. The first kappa shape index (κ1) is 19.4. The van der Waals surface area contributed by atoms with Crippen LogP contribution in [0.3, 0.4) is 0 Å². The highest BCUT2D eigenvalue weighted by Crippen LogP contribution is 2.31. The van der Waals surface area contributed by atoms with Gasteiger partial charge in [-0.25, -0.2) is 5.01 Å². The number of hydrogen-bond donors (Lipinski definition) is 4. The maximum absolute atomic E-state index is 11.5. The molecule has 1 fully saturated rings. The van der Waals surface area contributed by atoms with Gasteiger partial charge in [0.1, 0.15) is 6.04 Å². The van der Waals surface area contributed by atoms with E-state index in [1.807, 2.05) is 6.92 Å². The summed E-state index contributed by atoms with van der Waals surface area (Å²) in [5.41, 5.74) is 1.23. The van der Waals surface area contributed by atoms with E-state index < -0.39 is 29.4 Å². The summed E-state index contributed by atoms with van der Waals surface area (Å²) in [7, 11) is 0. The third kappa shape index (κ3) is 4.90. The van der Waals surface area contributed by atoms with E-state index in [0.717, 1.165) is 12.8 Å². The Morgan fingerprint density at radius 3 is 2.26 bits per heavy atom. The van der Waals surface area contributed by atoms with Crippen molar-refractivity contribution in [2.24, 2.45) is 5.41 Å². The number of nitrogens with one attached hydrogen (secondary N) is 1. The van der Waals surface area contributed by atoms with Crippen LogP contribution in [0.25, 0.3) is 0 Å². The van der Waals surface area contributed by atoms with E-state index in [1.165, 1.54) is 0 Å². The smallest absolute Gasteiger partial charge is 0.322 e. The fourth-order valence-electron chi connectivity index (χ4n) is 2.95. The number of aliphatic carboxylic acids is 3. The number of carboxylic acid groups (broad SMARTS) is 3. The van der Waals surface area contributed by atoms with E-state index in [4.69, 9.17) is 5.11 Å². The van der Waals surface area contributed by atoms with Crippen LogP contribution in [0.2, 0.25) is 0 Å². The number of rotatable bonds is 11. The lowest BCUT2D eigenvalue weighted by atomic mass is 9.78. The monoisotopic (exact) mass is 330 g/mol. The molecule has 0 saturated carbocycles. The number of carbonyl (C=O) groups is 3. The molecule has 8 nitrogen and oxygen atoms in total. The predicted octanol–water partition coefficient (Wildman–Crippen LogP) is 1.17. The molecule has 1 aliphatic heterocycles. The molecule has 1 rings (SSSR count). The van der Waals surface area contributed by atoms with Gasteiger partial charge < -0.3 is 15.3 Å². The van der Waals surface area contributed by atoms with Crippen molar-refractivity contribution in [1.82, 2.24) is 10.4 Å². The van der Waals surface area contributed by atoms with Crippen molar-refractivity contribution in [1.29, 1.82) is 0 Å². The zero-order valence-electron chi connectivity index (χ0n) is 13.5. The second-order valence-electron chi connectivity index (χ2n) is 6.00. The molecule has 0 aromatic rings. The Bertz CT molecular complexity index is 426. The van der Waals surface area contributed by atoms with Crippen molar-refractivity contribution >= 4 is 17.9 Å². The first-order valence-corrected chi connectivity index (χ1v) is 8.05. The average Bonchev–Trinajstić information content (AvgIpc) is 2.94. The van der Waals surface area contributed by atoms with Crippen LogP contribution in [0, 0.1) is 5.41 Å². The summed E-state index contributed by atoms with van der Waals surface area (Å²) in [5.74, 6) is -3.49. The summed E-state index contributed by atoms with van der Waals surface area (Å²) in [5, 5.41) is 29.4. The predicted molar refractivity (Wildman–Crippen MR) is 81.8 cm³/mol. The van der Waals surface area contributed by atoms with E-state index in [1.54, 1.807) is 5.01 Å². The van der Waals surface area contributed by atoms with Gasteiger partial charge in [0.25, 0.3) is 0 Å². The number of hydrazine groups is 1. The fraction of sp³-hybridized carbons (Fsp3) is 0.800. The van der Waals surface area contributed by atoms with Gasteiger partial charge in [-0.15, -0.1) is 0 Å². The van der Waals surface area contributed by atoms with Gasteiger partial charge in [-0.1, -0.05) is 19.8 Å². The third-order valence-corrected chi connectivity index (χ3v) is 4.41. The number of unbranched alkanes of at least 4 members (excludes halogenated alkanes) is 1. The lowest BCUT2D eigenvalue weighted by Gasteiger charge is -2.26. The second-order valence-corrected chi connectivity index (χ2v) is 6.00. The Morgan fingerprint density at radius 2 is 1.74 bits per heavy atom. The molecular weight excluding hydrogens is 304 g/mol. The molecule has 1 atom stereocenters. The maximum Gasteiger partial charge on any atom is 0.322 e. The van der Waals surface area contributed by atoms with Gasteiger partial charge in [-0.3, -0.25) is 19.8 Å². The lowest BCUT2D eigenvalue weighted by molar-refractivity contribution is -0.166. The Kier molecular flexibility index (Phi) is 7.44. The van der Waals surface area contributed by atoms with E-state index in [0.29, 0.717) is 32.4 Å². The Labute approximate surface area is 135 Å². The Balaban J connectivity index is 2.53. The standard InChI is InChI=1S/C15H26N2O6/c1-2-3-7-15(13(20)21,14(22)23)8-5-9-16-17-10-4-6-11(17)12(18)19/h11,16H,2-10H2,1H3,(H,18,19)(H,20,21)(H,22,23)/t11-/m0/s1. The van der Waals surface area contributed by atoms with E-state index in [9.17, 15) is 24.6 Å². The van der Waals surface area contributed by atoms with Crippen LogP contribution in [0.5, 0.6) is 0 Å². The molecule has 1 saturated heterocycles. The fourth-order valence-corrected chi connectivity index (χ4v) is 2.95. The quantitative estimate of drug-likeness (QED) is 0.328. The van der Waals surface area contributed by atoms with Crippen LogP contribution in [0.4, 0.5) is 0 Å². The first-order chi connectivity index (χ1) is 10.8. The molecule has 132 valence electrons. The van der Waals surface area contributed by atoms with Gasteiger partial charge in [0, 0.05) is 13.1 Å². The van der Waals surface area contributed by atoms with Crippen LogP contribution in [-0.4, -0.2) is 57.4 Å². The zero-order chi connectivity index (χ0) is 17.5. The van der Waals surface area contributed by atoms with Gasteiger partial charge in [-0.05, 0) is 32.1 Å². The summed E-state index contributed by atoms with van der Waals surface area (Å²) in [6.07, 6.45) is 3.12. The average molecular weight is 330 g/mol. The van der Waals surface area contributed by atoms with Crippen molar-refractivity contribution in [3.63, 3.8) is 0 Å². The molecule has 0 spiro atoms. The lowest BCUT2D eigenvalue weighted by Crippen LogP contribution is -2.46. The third-order valence-electron chi connectivity index (χ3n) is 4.41. The highest BCUT2D eigenvalue weighted by atomic mass is 16.4. The summed E-state index contributed by atoms with van der Waals surface area (Å²) >= 11 is 0. The normalized spacial score (nSPS) is 18.9. The molecule has 4 N–H and O–H groups in total. The SMILES string of the molecule is CCCCC(CCCNN1CCC[C@H]1C(=O)O)(C(=O)O)C(=O)O. The zero-order valence-corrected chi connectivity index (χ0v) is 13.5. The highest BCUT2D eigenvalue weighted by molar-refractivity contribution is 5.98. The second kappa shape index (κ2) is 8.83. The van der Waals surface area contributed by atoms with Crippen molar-refractivity contribution in [3.8, 4) is 0 Å². The molecule has 0 aliphatic carbocycles. The highest BCUT2D eigenvalue weighted by Gasteiger charge is 2.45. The van der Waals surface area contributed by atoms with Crippen LogP contribution in [-0.2, 0) is 14.4 Å². The molecule has 0 bridgehead atoms. The maximum atomic E-state index is 11.5. The Morgan fingerprint density at radius 1 is 1.13 bits per heavy atom. The summed E-state index contributed by atoms with van der Waals surface area (Å²) in [6.45, 7) is 2.86. The molecule has 23 heavy (non-hydrogen) atoms. The van der Waals surface area contributed by atoms with Crippen molar-refractivity contribution in [2.75, 3.05) is 13.1 Å². The van der Waals surface area contributed by atoms with Crippen LogP contribution in [0.15, 0.2) is 0 Å². The minimum atomic E-state index is -1.76. The number of nitrogens with zero attached hydrogens (tertiary/aromatic N) is 1.